The highest BCUT2D eigenvalue weighted by Crippen LogP contribution is 2.31. The Morgan fingerprint density at radius 1 is 1.36 bits per heavy atom. The quantitative estimate of drug-likeness (QED) is 0.731. The summed E-state index contributed by atoms with van der Waals surface area (Å²) in [5.41, 5.74) is 6.26. The standard InChI is InChI=1S/C10H20N2OS/c11-8-10(2-1-7-14-9-10)12-3-5-13-6-4-12/h1-9,11H2. The van der Waals surface area contributed by atoms with Gasteiger partial charge in [0.05, 0.1) is 13.2 Å². The molecule has 0 bridgehead atoms. The monoisotopic (exact) mass is 216 g/mol. The second kappa shape index (κ2) is 4.84. The predicted molar refractivity (Wildman–Crippen MR) is 60.7 cm³/mol. The third kappa shape index (κ3) is 2.08. The van der Waals surface area contributed by atoms with E-state index in [1.54, 1.807) is 0 Å². The molecule has 0 radical (unpaired) electrons. The lowest BCUT2D eigenvalue weighted by Gasteiger charge is -2.47. The van der Waals surface area contributed by atoms with Crippen LogP contribution in [0, 0.1) is 0 Å². The molecule has 2 saturated heterocycles. The fraction of sp³-hybridized carbons (Fsp3) is 1.00. The number of nitrogens with zero attached hydrogens (tertiary/aromatic N) is 1. The average Bonchev–Trinajstić information content (AvgIpc) is 2.31. The first-order valence-corrected chi connectivity index (χ1v) is 6.63. The Kier molecular flexibility index (Phi) is 3.71. The first kappa shape index (κ1) is 10.7. The van der Waals surface area contributed by atoms with E-state index in [4.69, 9.17) is 10.5 Å². The summed E-state index contributed by atoms with van der Waals surface area (Å²) in [5, 5.41) is 0. The van der Waals surface area contributed by atoms with Crippen LogP contribution in [0.1, 0.15) is 12.8 Å². The first-order valence-electron chi connectivity index (χ1n) is 5.48. The Bertz CT molecular complexity index is 177. The summed E-state index contributed by atoms with van der Waals surface area (Å²) in [6.07, 6.45) is 2.59. The van der Waals surface area contributed by atoms with Gasteiger partial charge in [-0.25, -0.2) is 0 Å². The minimum Gasteiger partial charge on any atom is -0.379 e. The van der Waals surface area contributed by atoms with Gasteiger partial charge in [0, 0.05) is 30.9 Å². The summed E-state index contributed by atoms with van der Waals surface area (Å²) < 4.78 is 5.39. The van der Waals surface area contributed by atoms with Crippen LogP contribution in [0.4, 0.5) is 0 Å². The van der Waals surface area contributed by atoms with E-state index in [9.17, 15) is 0 Å². The van der Waals surface area contributed by atoms with Gasteiger partial charge in [-0.3, -0.25) is 4.90 Å². The molecular formula is C10H20N2OS. The van der Waals surface area contributed by atoms with Crippen molar-refractivity contribution in [2.75, 3.05) is 44.4 Å². The van der Waals surface area contributed by atoms with Crippen molar-refractivity contribution in [3.05, 3.63) is 0 Å². The molecule has 2 fully saturated rings. The number of morpholine rings is 1. The van der Waals surface area contributed by atoms with Crippen LogP contribution in [0.2, 0.25) is 0 Å². The molecule has 1 atom stereocenters. The van der Waals surface area contributed by atoms with E-state index in [1.807, 2.05) is 0 Å². The van der Waals surface area contributed by atoms with Crippen molar-refractivity contribution in [1.82, 2.24) is 4.90 Å². The molecule has 0 aromatic heterocycles. The van der Waals surface area contributed by atoms with Crippen LogP contribution in [-0.4, -0.2) is 54.8 Å². The van der Waals surface area contributed by atoms with Crippen LogP contribution in [0.15, 0.2) is 0 Å². The minimum atomic E-state index is 0.284. The molecule has 2 N–H and O–H groups in total. The second-order valence-corrected chi connectivity index (χ2v) is 5.29. The fourth-order valence-corrected chi connectivity index (χ4v) is 3.73. The first-order chi connectivity index (χ1) is 6.87. The van der Waals surface area contributed by atoms with E-state index >= 15 is 0 Å². The number of hydrogen-bond donors (Lipinski definition) is 1. The van der Waals surface area contributed by atoms with Crippen molar-refractivity contribution in [1.29, 1.82) is 0 Å². The van der Waals surface area contributed by atoms with Crippen LogP contribution in [0.5, 0.6) is 0 Å². The van der Waals surface area contributed by atoms with Crippen LogP contribution in [0.3, 0.4) is 0 Å². The van der Waals surface area contributed by atoms with E-state index in [-0.39, 0.29) is 5.54 Å². The SMILES string of the molecule is NCC1(N2CCOCC2)CCCSC1. The van der Waals surface area contributed by atoms with Gasteiger partial charge in [0.25, 0.3) is 0 Å². The van der Waals surface area contributed by atoms with Gasteiger partial charge in [0.2, 0.25) is 0 Å². The molecular weight excluding hydrogens is 196 g/mol. The molecule has 0 amide bonds. The van der Waals surface area contributed by atoms with E-state index in [2.05, 4.69) is 16.7 Å². The zero-order valence-electron chi connectivity index (χ0n) is 8.71. The van der Waals surface area contributed by atoms with Crippen LogP contribution in [0.25, 0.3) is 0 Å². The smallest absolute Gasteiger partial charge is 0.0594 e. The summed E-state index contributed by atoms with van der Waals surface area (Å²) in [6, 6.07) is 0. The highest BCUT2D eigenvalue weighted by molar-refractivity contribution is 7.99. The van der Waals surface area contributed by atoms with Crippen molar-refractivity contribution in [2.24, 2.45) is 5.73 Å². The van der Waals surface area contributed by atoms with Gasteiger partial charge in [-0.05, 0) is 18.6 Å². The molecule has 2 aliphatic heterocycles. The molecule has 4 heteroatoms. The van der Waals surface area contributed by atoms with Crippen molar-refractivity contribution >= 4 is 11.8 Å². The molecule has 0 aromatic rings. The summed E-state index contributed by atoms with van der Waals surface area (Å²) in [7, 11) is 0. The average molecular weight is 216 g/mol. The number of thioether (sulfide) groups is 1. The van der Waals surface area contributed by atoms with Crippen molar-refractivity contribution < 1.29 is 4.74 Å². The van der Waals surface area contributed by atoms with Crippen molar-refractivity contribution in [3.8, 4) is 0 Å². The fourth-order valence-electron chi connectivity index (χ4n) is 2.41. The van der Waals surface area contributed by atoms with Crippen LogP contribution >= 0.6 is 11.8 Å². The Morgan fingerprint density at radius 3 is 2.71 bits per heavy atom. The third-order valence-electron chi connectivity index (χ3n) is 3.36. The molecule has 14 heavy (non-hydrogen) atoms. The van der Waals surface area contributed by atoms with E-state index in [0.717, 1.165) is 32.8 Å². The molecule has 0 aliphatic carbocycles. The van der Waals surface area contributed by atoms with Gasteiger partial charge in [0.15, 0.2) is 0 Å². The Balaban J connectivity index is 2.01. The maximum absolute atomic E-state index is 5.97. The second-order valence-electron chi connectivity index (χ2n) is 4.18. The molecule has 2 aliphatic rings. The largest absolute Gasteiger partial charge is 0.379 e. The lowest BCUT2D eigenvalue weighted by atomic mass is 9.92. The molecule has 0 spiro atoms. The Labute approximate surface area is 90.3 Å². The summed E-state index contributed by atoms with van der Waals surface area (Å²) in [6.45, 7) is 4.70. The molecule has 2 rings (SSSR count). The Morgan fingerprint density at radius 2 is 2.14 bits per heavy atom. The maximum atomic E-state index is 5.97. The lowest BCUT2D eigenvalue weighted by molar-refractivity contribution is -0.0154. The topological polar surface area (TPSA) is 38.5 Å². The van der Waals surface area contributed by atoms with Gasteiger partial charge in [-0.1, -0.05) is 0 Å². The molecule has 82 valence electrons. The predicted octanol–water partition coefficient (Wildman–Crippen LogP) is 0.543. The molecule has 0 saturated carbocycles. The third-order valence-corrected chi connectivity index (χ3v) is 4.68. The Hall–Kier alpha value is 0.230. The van der Waals surface area contributed by atoms with Crippen LogP contribution < -0.4 is 5.73 Å². The maximum Gasteiger partial charge on any atom is 0.0594 e. The summed E-state index contributed by atoms with van der Waals surface area (Å²) in [4.78, 5) is 2.56. The molecule has 0 aromatic carbocycles. The zero-order chi connectivity index (χ0) is 9.86. The molecule has 1 unspecified atom stereocenters. The molecule has 3 nitrogen and oxygen atoms in total. The number of hydrogen-bond acceptors (Lipinski definition) is 4. The minimum absolute atomic E-state index is 0.284. The van der Waals surface area contributed by atoms with Gasteiger partial charge in [0.1, 0.15) is 0 Å². The van der Waals surface area contributed by atoms with Gasteiger partial charge in [-0.15, -0.1) is 0 Å². The lowest BCUT2D eigenvalue weighted by Crippen LogP contribution is -2.60. The highest BCUT2D eigenvalue weighted by atomic mass is 32.2. The molecule has 2 heterocycles. The highest BCUT2D eigenvalue weighted by Gasteiger charge is 2.37. The van der Waals surface area contributed by atoms with Crippen LogP contribution in [-0.2, 0) is 4.74 Å². The zero-order valence-corrected chi connectivity index (χ0v) is 9.52. The van der Waals surface area contributed by atoms with E-state index in [1.165, 1.54) is 24.3 Å². The van der Waals surface area contributed by atoms with E-state index < -0.39 is 0 Å². The van der Waals surface area contributed by atoms with Crippen molar-refractivity contribution in [2.45, 2.75) is 18.4 Å². The van der Waals surface area contributed by atoms with Gasteiger partial charge in [-0.2, -0.15) is 11.8 Å². The van der Waals surface area contributed by atoms with E-state index in [0.29, 0.717) is 0 Å². The summed E-state index contributed by atoms with van der Waals surface area (Å²) in [5.74, 6) is 2.52. The van der Waals surface area contributed by atoms with Gasteiger partial charge < -0.3 is 10.5 Å². The van der Waals surface area contributed by atoms with Gasteiger partial charge >= 0.3 is 0 Å². The number of rotatable bonds is 2. The normalized spacial score (nSPS) is 35.8. The number of nitrogens with two attached hydrogens (primary N) is 1. The number of ether oxygens (including phenoxy) is 1. The van der Waals surface area contributed by atoms with Crippen molar-refractivity contribution in [3.63, 3.8) is 0 Å². The summed E-state index contributed by atoms with van der Waals surface area (Å²) >= 11 is 2.06.